The molecule has 0 aromatic heterocycles. The number of nitrogens with zero attached hydrogens (tertiary/aromatic N) is 1. The van der Waals surface area contributed by atoms with Crippen LogP contribution in [0.4, 0.5) is 10.5 Å². The predicted octanol–water partition coefficient (Wildman–Crippen LogP) is 4.12. The summed E-state index contributed by atoms with van der Waals surface area (Å²) in [5.74, 6) is -0.164. The van der Waals surface area contributed by atoms with Crippen LogP contribution in [0.3, 0.4) is 0 Å². The van der Waals surface area contributed by atoms with Gasteiger partial charge in [-0.05, 0) is 32.9 Å². The van der Waals surface area contributed by atoms with Gasteiger partial charge in [-0.1, -0.05) is 34.8 Å². The number of guanidine groups is 1. The monoisotopic (exact) mass is 350 g/mol. The number of nitrogens with one attached hydrogen (secondary N) is 3. The molecule has 2 amide bonds. The maximum absolute atomic E-state index is 11.8. The zero-order chi connectivity index (χ0) is 16.4. The number of anilines is 1. The molecular weight excluding hydrogens is 335 g/mol. The Morgan fingerprint density at radius 1 is 1.19 bits per heavy atom. The maximum Gasteiger partial charge on any atom is 0.321 e. The maximum atomic E-state index is 11.8. The fourth-order valence-corrected chi connectivity index (χ4v) is 2.60. The molecule has 0 spiro atoms. The first-order valence-corrected chi connectivity index (χ1v) is 7.20. The van der Waals surface area contributed by atoms with Gasteiger partial charge < -0.3 is 10.2 Å². The SMILES string of the molecule is CN(C(=N)NC(=O)NC(C)(C)C)c1c(Cl)cc(Cl)cc1Cl. The molecule has 0 radical (unpaired) electrons. The fourth-order valence-electron chi connectivity index (χ4n) is 1.53. The molecule has 21 heavy (non-hydrogen) atoms. The smallest absolute Gasteiger partial charge is 0.321 e. The lowest BCUT2D eigenvalue weighted by molar-refractivity contribution is 0.236. The van der Waals surface area contributed by atoms with Gasteiger partial charge in [0.25, 0.3) is 0 Å². The predicted molar refractivity (Wildman–Crippen MR) is 89.0 cm³/mol. The number of carbonyl (C=O) groups excluding carboxylic acids is 1. The Balaban J connectivity index is 2.87. The average molecular weight is 352 g/mol. The lowest BCUT2D eigenvalue weighted by atomic mass is 10.1. The van der Waals surface area contributed by atoms with Crippen molar-refractivity contribution in [2.45, 2.75) is 26.3 Å². The van der Waals surface area contributed by atoms with E-state index in [2.05, 4.69) is 10.6 Å². The summed E-state index contributed by atoms with van der Waals surface area (Å²) in [5.41, 5.74) is -0.0119. The summed E-state index contributed by atoms with van der Waals surface area (Å²) < 4.78 is 0. The first-order chi connectivity index (χ1) is 9.51. The summed E-state index contributed by atoms with van der Waals surface area (Å²) in [5, 5.41) is 14.0. The molecule has 0 unspecified atom stereocenters. The van der Waals surface area contributed by atoms with E-state index in [-0.39, 0.29) is 16.0 Å². The molecule has 1 rings (SSSR count). The third-order valence-corrected chi connectivity index (χ3v) is 3.17. The summed E-state index contributed by atoms with van der Waals surface area (Å²) in [6, 6.07) is 2.55. The number of carbonyl (C=O) groups is 1. The Hall–Kier alpha value is -1.17. The Labute approximate surface area is 139 Å². The zero-order valence-corrected chi connectivity index (χ0v) is 14.4. The van der Waals surface area contributed by atoms with Crippen molar-refractivity contribution < 1.29 is 4.79 Å². The molecule has 0 atom stereocenters. The van der Waals surface area contributed by atoms with E-state index in [1.54, 1.807) is 7.05 Å². The molecule has 0 saturated carbocycles. The van der Waals surface area contributed by atoms with Gasteiger partial charge in [0.05, 0.1) is 15.7 Å². The van der Waals surface area contributed by atoms with E-state index in [1.165, 1.54) is 17.0 Å². The largest absolute Gasteiger partial charge is 0.333 e. The number of rotatable bonds is 1. The first-order valence-electron chi connectivity index (χ1n) is 6.07. The van der Waals surface area contributed by atoms with Gasteiger partial charge >= 0.3 is 6.03 Å². The van der Waals surface area contributed by atoms with Gasteiger partial charge in [0.2, 0.25) is 5.96 Å². The van der Waals surface area contributed by atoms with Gasteiger partial charge in [-0.2, -0.15) is 0 Å². The molecule has 0 fully saturated rings. The molecule has 5 nitrogen and oxygen atoms in total. The number of hydrogen-bond acceptors (Lipinski definition) is 2. The van der Waals surface area contributed by atoms with Crippen molar-refractivity contribution in [1.82, 2.24) is 10.6 Å². The van der Waals surface area contributed by atoms with E-state index in [1.807, 2.05) is 20.8 Å². The van der Waals surface area contributed by atoms with Crippen LogP contribution in [0, 0.1) is 5.41 Å². The van der Waals surface area contributed by atoms with Crippen molar-refractivity contribution in [1.29, 1.82) is 5.41 Å². The molecule has 0 aliphatic carbocycles. The minimum absolute atomic E-state index is 0.164. The van der Waals surface area contributed by atoms with Gasteiger partial charge in [-0.15, -0.1) is 0 Å². The van der Waals surface area contributed by atoms with E-state index in [9.17, 15) is 4.79 Å². The van der Waals surface area contributed by atoms with E-state index in [0.717, 1.165) is 0 Å². The van der Waals surface area contributed by atoms with E-state index in [0.29, 0.717) is 10.7 Å². The van der Waals surface area contributed by atoms with Crippen LogP contribution in [0.1, 0.15) is 20.8 Å². The summed E-state index contributed by atoms with van der Waals surface area (Å²) >= 11 is 18.0. The second-order valence-electron chi connectivity index (χ2n) is 5.45. The van der Waals surface area contributed by atoms with Crippen molar-refractivity contribution >= 4 is 52.5 Å². The topological polar surface area (TPSA) is 68.2 Å². The van der Waals surface area contributed by atoms with Gasteiger partial charge in [-0.25, -0.2) is 4.79 Å². The van der Waals surface area contributed by atoms with Crippen molar-refractivity contribution in [2.75, 3.05) is 11.9 Å². The minimum atomic E-state index is -0.486. The van der Waals surface area contributed by atoms with Crippen LogP contribution in [-0.2, 0) is 0 Å². The van der Waals surface area contributed by atoms with Gasteiger partial charge in [0, 0.05) is 17.6 Å². The third-order valence-electron chi connectivity index (χ3n) is 2.37. The highest BCUT2D eigenvalue weighted by atomic mass is 35.5. The molecule has 3 N–H and O–H groups in total. The summed E-state index contributed by atoms with van der Waals surface area (Å²) in [7, 11) is 1.57. The summed E-state index contributed by atoms with van der Waals surface area (Å²) in [4.78, 5) is 13.1. The van der Waals surface area contributed by atoms with Crippen molar-refractivity contribution in [2.24, 2.45) is 0 Å². The molecule has 0 saturated heterocycles. The fraction of sp³-hybridized carbons (Fsp3) is 0.385. The molecule has 1 aromatic rings. The number of halogens is 3. The van der Waals surface area contributed by atoms with Crippen LogP contribution < -0.4 is 15.5 Å². The van der Waals surface area contributed by atoms with Crippen molar-refractivity contribution in [3.8, 4) is 0 Å². The molecule has 0 bridgehead atoms. The quantitative estimate of drug-likeness (QED) is 0.526. The van der Waals surface area contributed by atoms with Gasteiger partial charge in [0.15, 0.2) is 0 Å². The van der Waals surface area contributed by atoms with Crippen LogP contribution in [0.25, 0.3) is 0 Å². The molecule has 8 heteroatoms. The van der Waals surface area contributed by atoms with E-state index >= 15 is 0 Å². The normalized spacial score (nSPS) is 11.0. The third kappa shape index (κ3) is 5.26. The lowest BCUT2D eigenvalue weighted by Crippen LogP contribution is -2.51. The van der Waals surface area contributed by atoms with Gasteiger partial charge in [-0.3, -0.25) is 10.7 Å². The molecule has 116 valence electrons. The number of urea groups is 1. The lowest BCUT2D eigenvalue weighted by Gasteiger charge is -2.25. The minimum Gasteiger partial charge on any atom is -0.333 e. The molecule has 0 heterocycles. The molecular formula is C13H17Cl3N4O. The molecule has 0 aliphatic heterocycles. The van der Waals surface area contributed by atoms with Crippen LogP contribution in [-0.4, -0.2) is 24.6 Å². The van der Waals surface area contributed by atoms with Crippen LogP contribution in [0.15, 0.2) is 12.1 Å². The Morgan fingerprint density at radius 3 is 2.10 bits per heavy atom. The van der Waals surface area contributed by atoms with Gasteiger partial charge in [0.1, 0.15) is 0 Å². The van der Waals surface area contributed by atoms with E-state index < -0.39 is 11.6 Å². The average Bonchev–Trinajstić information content (AvgIpc) is 2.24. The summed E-state index contributed by atoms with van der Waals surface area (Å²) in [6.45, 7) is 5.52. The molecule has 0 aliphatic rings. The highest BCUT2D eigenvalue weighted by Gasteiger charge is 2.19. The number of amides is 2. The van der Waals surface area contributed by atoms with Crippen LogP contribution in [0.2, 0.25) is 15.1 Å². The molecule has 1 aromatic carbocycles. The highest BCUT2D eigenvalue weighted by molar-refractivity contribution is 6.42. The second kappa shape index (κ2) is 6.73. The second-order valence-corrected chi connectivity index (χ2v) is 6.71. The Kier molecular flexibility index (Phi) is 5.73. The number of hydrogen-bond donors (Lipinski definition) is 3. The zero-order valence-electron chi connectivity index (χ0n) is 12.1. The number of benzene rings is 1. The van der Waals surface area contributed by atoms with Crippen LogP contribution >= 0.6 is 34.8 Å². The van der Waals surface area contributed by atoms with Crippen molar-refractivity contribution in [3.05, 3.63) is 27.2 Å². The first kappa shape index (κ1) is 17.9. The summed E-state index contributed by atoms with van der Waals surface area (Å²) in [6.07, 6.45) is 0. The van der Waals surface area contributed by atoms with Crippen LogP contribution in [0.5, 0.6) is 0 Å². The highest BCUT2D eigenvalue weighted by Crippen LogP contribution is 2.35. The standard InChI is InChI=1S/C13H17Cl3N4O/c1-13(2,3)19-12(21)18-11(17)20(4)10-8(15)5-7(14)6-9(10)16/h5-6H,1-4H3,(H3,17,18,19,21). The Morgan fingerprint density at radius 2 is 1.67 bits per heavy atom. The Bertz CT molecular complexity index is 546. The van der Waals surface area contributed by atoms with Crippen molar-refractivity contribution in [3.63, 3.8) is 0 Å². The van der Waals surface area contributed by atoms with E-state index in [4.69, 9.17) is 40.2 Å².